The van der Waals surface area contributed by atoms with E-state index in [9.17, 15) is 14.7 Å². The second kappa shape index (κ2) is 7.18. The van der Waals surface area contributed by atoms with Crippen molar-refractivity contribution < 1.29 is 14.6 Å². The molecule has 1 unspecified atom stereocenters. The Morgan fingerprint density at radius 1 is 1.40 bits per heavy atom. The van der Waals surface area contributed by atoms with Gasteiger partial charge in [-0.05, 0) is 12.5 Å². The standard InChI is InChI=1S/C17H19N3O4S/c1-3-6-25-17-19-15-14(16(23)20-17)11(8-13(22)18-15)10-5-4-9(24-2)7-12(10)21/h4-5,7,11,21H,3,6,8H2,1-2H3,(H2,18,19,20,22,23). The molecule has 1 amide bonds. The van der Waals surface area contributed by atoms with Gasteiger partial charge in [0.25, 0.3) is 5.56 Å². The number of thioether (sulfide) groups is 1. The molecule has 1 atom stereocenters. The molecule has 1 aliphatic rings. The quantitative estimate of drug-likeness (QED) is 0.558. The normalized spacial score (nSPS) is 16.2. The van der Waals surface area contributed by atoms with Crippen LogP contribution in [0.25, 0.3) is 0 Å². The molecule has 0 saturated heterocycles. The third-order valence-corrected chi connectivity index (χ3v) is 5.06. The van der Waals surface area contributed by atoms with E-state index in [1.54, 1.807) is 12.1 Å². The van der Waals surface area contributed by atoms with E-state index in [2.05, 4.69) is 15.3 Å². The molecule has 0 fully saturated rings. The van der Waals surface area contributed by atoms with Crippen molar-refractivity contribution in [1.29, 1.82) is 0 Å². The van der Waals surface area contributed by atoms with Crippen LogP contribution in [0.1, 0.15) is 36.8 Å². The molecular formula is C17H19N3O4S. The van der Waals surface area contributed by atoms with Crippen LogP contribution in [0.3, 0.4) is 0 Å². The molecule has 3 N–H and O–H groups in total. The van der Waals surface area contributed by atoms with Crippen LogP contribution in [0.4, 0.5) is 5.82 Å². The molecule has 0 radical (unpaired) electrons. The Morgan fingerprint density at radius 2 is 2.20 bits per heavy atom. The van der Waals surface area contributed by atoms with Crippen molar-refractivity contribution in [3.8, 4) is 11.5 Å². The lowest BCUT2D eigenvalue weighted by molar-refractivity contribution is -0.116. The smallest absolute Gasteiger partial charge is 0.257 e. The maximum Gasteiger partial charge on any atom is 0.257 e. The van der Waals surface area contributed by atoms with Gasteiger partial charge in [0, 0.05) is 29.7 Å². The molecule has 132 valence electrons. The third-order valence-electron chi connectivity index (χ3n) is 3.99. The first-order valence-electron chi connectivity index (χ1n) is 7.97. The van der Waals surface area contributed by atoms with Gasteiger partial charge in [0.05, 0.1) is 12.7 Å². The van der Waals surface area contributed by atoms with E-state index in [-0.39, 0.29) is 29.5 Å². The zero-order valence-corrected chi connectivity index (χ0v) is 14.8. The van der Waals surface area contributed by atoms with Gasteiger partial charge in [0.1, 0.15) is 17.3 Å². The lowest BCUT2D eigenvalue weighted by Crippen LogP contribution is -2.31. The average molecular weight is 361 g/mol. The number of anilines is 1. The van der Waals surface area contributed by atoms with Crippen LogP contribution in [0.2, 0.25) is 0 Å². The van der Waals surface area contributed by atoms with Gasteiger partial charge in [0.2, 0.25) is 5.91 Å². The van der Waals surface area contributed by atoms with E-state index < -0.39 is 5.92 Å². The molecule has 1 aliphatic heterocycles. The van der Waals surface area contributed by atoms with E-state index >= 15 is 0 Å². The first kappa shape index (κ1) is 17.3. The highest BCUT2D eigenvalue weighted by Crippen LogP contribution is 2.39. The summed E-state index contributed by atoms with van der Waals surface area (Å²) in [6.07, 6.45) is 1.01. The number of benzene rings is 1. The number of phenols is 1. The van der Waals surface area contributed by atoms with Crippen molar-refractivity contribution in [2.24, 2.45) is 0 Å². The van der Waals surface area contributed by atoms with E-state index in [4.69, 9.17) is 4.74 Å². The van der Waals surface area contributed by atoms with Crippen LogP contribution in [0.15, 0.2) is 28.2 Å². The molecule has 0 spiro atoms. The highest BCUT2D eigenvalue weighted by Gasteiger charge is 2.32. The predicted octanol–water partition coefficient (Wildman–Crippen LogP) is 2.46. The number of nitrogens with one attached hydrogen (secondary N) is 2. The Kier molecular flexibility index (Phi) is 4.98. The Hall–Kier alpha value is -2.48. The number of carbonyl (C=O) groups is 1. The molecular weight excluding hydrogens is 342 g/mol. The summed E-state index contributed by atoms with van der Waals surface area (Å²) in [5.41, 5.74) is 0.558. The third kappa shape index (κ3) is 3.48. The van der Waals surface area contributed by atoms with Crippen molar-refractivity contribution in [1.82, 2.24) is 9.97 Å². The molecule has 1 aromatic heterocycles. The van der Waals surface area contributed by atoms with E-state index in [1.807, 2.05) is 6.92 Å². The van der Waals surface area contributed by atoms with Gasteiger partial charge in [-0.1, -0.05) is 24.8 Å². The summed E-state index contributed by atoms with van der Waals surface area (Å²) < 4.78 is 5.08. The van der Waals surface area contributed by atoms with Gasteiger partial charge in [0.15, 0.2) is 5.16 Å². The summed E-state index contributed by atoms with van der Waals surface area (Å²) in [5, 5.41) is 13.4. The van der Waals surface area contributed by atoms with Crippen molar-refractivity contribution in [2.45, 2.75) is 30.8 Å². The minimum Gasteiger partial charge on any atom is -0.508 e. The van der Waals surface area contributed by atoms with Crippen LogP contribution in [0, 0.1) is 0 Å². The molecule has 7 nitrogen and oxygen atoms in total. The van der Waals surface area contributed by atoms with Crippen LogP contribution in [0.5, 0.6) is 11.5 Å². The van der Waals surface area contributed by atoms with Crippen LogP contribution >= 0.6 is 11.8 Å². The fraction of sp³-hybridized carbons (Fsp3) is 0.353. The van der Waals surface area contributed by atoms with Gasteiger partial charge in [-0.3, -0.25) is 9.59 Å². The molecule has 25 heavy (non-hydrogen) atoms. The minimum atomic E-state index is -0.559. The summed E-state index contributed by atoms with van der Waals surface area (Å²) in [4.78, 5) is 31.8. The van der Waals surface area contributed by atoms with Crippen LogP contribution in [-0.2, 0) is 4.79 Å². The largest absolute Gasteiger partial charge is 0.508 e. The number of carbonyl (C=O) groups excluding carboxylic acids is 1. The Bertz CT molecular complexity index is 865. The van der Waals surface area contributed by atoms with Crippen molar-refractivity contribution >= 4 is 23.5 Å². The highest BCUT2D eigenvalue weighted by atomic mass is 32.2. The van der Waals surface area contributed by atoms with Crippen LogP contribution < -0.4 is 15.6 Å². The lowest BCUT2D eigenvalue weighted by atomic mass is 9.86. The SMILES string of the molecule is CCCSc1nc2c(c(=O)[nH]1)C(c1ccc(OC)cc1O)CC(=O)N2. The molecule has 0 aliphatic carbocycles. The molecule has 2 heterocycles. The maximum absolute atomic E-state index is 12.6. The Balaban J connectivity index is 2.07. The summed E-state index contributed by atoms with van der Waals surface area (Å²) in [5.74, 6) is 0.763. The summed E-state index contributed by atoms with van der Waals surface area (Å²) >= 11 is 1.43. The molecule has 1 aromatic carbocycles. The summed E-state index contributed by atoms with van der Waals surface area (Å²) in [7, 11) is 1.50. The number of fused-ring (bicyclic) bond motifs is 1. The van der Waals surface area contributed by atoms with E-state index in [0.29, 0.717) is 22.0 Å². The number of rotatable bonds is 5. The monoisotopic (exact) mass is 361 g/mol. The number of amides is 1. The number of hydrogen-bond donors (Lipinski definition) is 3. The Morgan fingerprint density at radius 3 is 2.88 bits per heavy atom. The number of aromatic nitrogens is 2. The van der Waals surface area contributed by atoms with Gasteiger partial charge in [-0.15, -0.1) is 0 Å². The molecule has 0 bridgehead atoms. The minimum absolute atomic E-state index is 0.0196. The number of ether oxygens (including phenoxy) is 1. The van der Waals surface area contributed by atoms with Gasteiger partial charge < -0.3 is 20.1 Å². The summed E-state index contributed by atoms with van der Waals surface area (Å²) in [6, 6.07) is 4.82. The van der Waals surface area contributed by atoms with Gasteiger partial charge in [-0.2, -0.15) is 0 Å². The van der Waals surface area contributed by atoms with Crippen molar-refractivity contribution in [2.75, 3.05) is 18.2 Å². The number of phenolic OH excluding ortho intramolecular Hbond substituents is 1. The average Bonchev–Trinajstić information content (AvgIpc) is 2.58. The van der Waals surface area contributed by atoms with E-state index in [0.717, 1.165) is 12.2 Å². The number of H-pyrrole nitrogens is 1. The Labute approximate surface area is 148 Å². The molecule has 8 heteroatoms. The van der Waals surface area contributed by atoms with Gasteiger partial charge >= 0.3 is 0 Å². The number of nitrogens with zero attached hydrogens (tertiary/aromatic N) is 1. The van der Waals surface area contributed by atoms with Crippen molar-refractivity contribution in [3.05, 3.63) is 39.7 Å². The fourth-order valence-corrected chi connectivity index (χ4v) is 3.55. The zero-order valence-electron chi connectivity index (χ0n) is 14.0. The number of methoxy groups -OCH3 is 1. The van der Waals surface area contributed by atoms with Crippen LogP contribution in [-0.4, -0.2) is 33.8 Å². The topological polar surface area (TPSA) is 104 Å². The molecule has 3 rings (SSSR count). The first-order valence-corrected chi connectivity index (χ1v) is 8.95. The number of aromatic amines is 1. The zero-order chi connectivity index (χ0) is 18.0. The lowest BCUT2D eigenvalue weighted by Gasteiger charge is -2.25. The number of hydrogen-bond acceptors (Lipinski definition) is 6. The highest BCUT2D eigenvalue weighted by molar-refractivity contribution is 7.99. The summed E-state index contributed by atoms with van der Waals surface area (Å²) in [6.45, 7) is 2.04. The van der Waals surface area contributed by atoms with E-state index in [1.165, 1.54) is 24.9 Å². The van der Waals surface area contributed by atoms with Gasteiger partial charge in [-0.25, -0.2) is 4.98 Å². The predicted molar refractivity (Wildman–Crippen MR) is 95.6 cm³/mol. The second-order valence-electron chi connectivity index (χ2n) is 5.71. The molecule has 0 saturated carbocycles. The van der Waals surface area contributed by atoms with Crippen molar-refractivity contribution in [3.63, 3.8) is 0 Å². The molecule has 2 aromatic rings. The second-order valence-corrected chi connectivity index (χ2v) is 6.80. The maximum atomic E-state index is 12.6. The number of aromatic hydroxyl groups is 1. The first-order chi connectivity index (χ1) is 12.0. The fourth-order valence-electron chi connectivity index (χ4n) is 2.83.